The lowest BCUT2D eigenvalue weighted by molar-refractivity contribution is -0.117. The number of halogens is 1. The van der Waals surface area contributed by atoms with Crippen molar-refractivity contribution in [2.75, 3.05) is 19.0 Å². The Labute approximate surface area is 178 Å². The fraction of sp³-hybridized carbons (Fsp3) is 0.300. The molecule has 0 bridgehead atoms. The Balaban J connectivity index is 1.84. The van der Waals surface area contributed by atoms with Crippen molar-refractivity contribution in [2.45, 2.75) is 24.8 Å². The number of rotatable bonds is 8. The number of hydrogen-bond acceptors (Lipinski definition) is 5. The molecule has 0 radical (unpaired) electrons. The molecule has 0 saturated heterocycles. The van der Waals surface area contributed by atoms with Crippen LogP contribution < -0.4 is 4.80 Å². The first-order valence-electron chi connectivity index (χ1n) is 9.12. The Hall–Kier alpha value is -2.00. The second kappa shape index (κ2) is 9.67. The molecule has 0 aliphatic rings. The molecule has 0 aliphatic carbocycles. The van der Waals surface area contributed by atoms with E-state index in [0.29, 0.717) is 29.6 Å². The van der Waals surface area contributed by atoms with Crippen molar-refractivity contribution in [1.82, 2.24) is 4.57 Å². The SMILES string of the molecule is CCOCCn1c(=NC(=O)CCS(=O)(=O)c2ccccc2)sc2cc(Cl)ccc21. The van der Waals surface area contributed by atoms with Gasteiger partial charge in [-0.15, -0.1) is 0 Å². The largest absolute Gasteiger partial charge is 0.380 e. The van der Waals surface area contributed by atoms with Crippen LogP contribution in [0.3, 0.4) is 0 Å². The number of hydrogen-bond donors (Lipinski definition) is 0. The molecular weight excluding hydrogens is 432 g/mol. The average Bonchev–Trinajstić information content (AvgIpc) is 3.03. The molecule has 6 nitrogen and oxygen atoms in total. The zero-order chi connectivity index (χ0) is 20.9. The van der Waals surface area contributed by atoms with Gasteiger partial charge in [-0.2, -0.15) is 4.99 Å². The van der Waals surface area contributed by atoms with Crippen molar-refractivity contribution >= 4 is 48.9 Å². The van der Waals surface area contributed by atoms with Crippen molar-refractivity contribution in [2.24, 2.45) is 4.99 Å². The van der Waals surface area contributed by atoms with Gasteiger partial charge in [-0.3, -0.25) is 4.79 Å². The molecule has 1 amide bonds. The number of carbonyl (C=O) groups excluding carboxylic acids is 1. The van der Waals surface area contributed by atoms with Gasteiger partial charge in [0.1, 0.15) is 0 Å². The normalized spacial score (nSPS) is 12.6. The van der Waals surface area contributed by atoms with E-state index in [2.05, 4.69) is 4.99 Å². The summed E-state index contributed by atoms with van der Waals surface area (Å²) >= 11 is 7.42. The topological polar surface area (TPSA) is 77.7 Å². The summed E-state index contributed by atoms with van der Waals surface area (Å²) in [5.74, 6) is -0.762. The second-order valence-corrected chi connectivity index (χ2v) is 9.79. The molecule has 0 spiro atoms. The molecule has 3 aromatic rings. The van der Waals surface area contributed by atoms with Crippen LogP contribution in [-0.4, -0.2) is 37.9 Å². The van der Waals surface area contributed by atoms with E-state index in [1.54, 1.807) is 24.3 Å². The molecule has 1 aromatic heterocycles. The van der Waals surface area contributed by atoms with Crippen molar-refractivity contribution in [3.63, 3.8) is 0 Å². The first kappa shape index (κ1) is 21.7. The number of aromatic nitrogens is 1. The highest BCUT2D eigenvalue weighted by atomic mass is 35.5. The van der Waals surface area contributed by atoms with Gasteiger partial charge >= 0.3 is 0 Å². The minimum absolute atomic E-state index is 0.183. The number of thiazole rings is 1. The summed E-state index contributed by atoms with van der Waals surface area (Å²) in [6.07, 6.45) is -0.183. The minimum atomic E-state index is -3.53. The number of carbonyl (C=O) groups is 1. The Kier molecular flexibility index (Phi) is 7.23. The number of fused-ring (bicyclic) bond motifs is 1. The smallest absolute Gasteiger partial charge is 0.249 e. The Morgan fingerprint density at radius 1 is 1.21 bits per heavy atom. The highest BCUT2D eigenvalue weighted by molar-refractivity contribution is 7.91. The van der Waals surface area contributed by atoms with Crippen molar-refractivity contribution < 1.29 is 17.9 Å². The van der Waals surface area contributed by atoms with E-state index in [4.69, 9.17) is 16.3 Å². The molecule has 3 rings (SSSR count). The highest BCUT2D eigenvalue weighted by Crippen LogP contribution is 2.22. The van der Waals surface area contributed by atoms with E-state index in [0.717, 1.165) is 10.2 Å². The van der Waals surface area contributed by atoms with Crippen LogP contribution in [0, 0.1) is 0 Å². The van der Waals surface area contributed by atoms with Gasteiger partial charge < -0.3 is 9.30 Å². The van der Waals surface area contributed by atoms with Gasteiger partial charge in [0, 0.05) is 24.6 Å². The summed E-state index contributed by atoms with van der Waals surface area (Å²) in [6.45, 7) is 3.52. The molecule has 0 atom stereocenters. The van der Waals surface area contributed by atoms with E-state index in [1.807, 2.05) is 23.6 Å². The fourth-order valence-electron chi connectivity index (χ4n) is 2.78. The van der Waals surface area contributed by atoms with E-state index in [9.17, 15) is 13.2 Å². The predicted octanol–water partition coefficient (Wildman–Crippen LogP) is 3.68. The zero-order valence-corrected chi connectivity index (χ0v) is 18.3. The third-order valence-corrected chi connectivity index (χ3v) is 7.22. The Morgan fingerprint density at radius 2 is 1.97 bits per heavy atom. The first-order chi connectivity index (χ1) is 13.9. The Morgan fingerprint density at radius 3 is 2.69 bits per heavy atom. The first-order valence-corrected chi connectivity index (χ1v) is 12.0. The third kappa shape index (κ3) is 5.54. The zero-order valence-electron chi connectivity index (χ0n) is 15.9. The van der Waals surface area contributed by atoms with Crippen LogP contribution in [0.2, 0.25) is 5.02 Å². The van der Waals surface area contributed by atoms with Gasteiger partial charge in [-0.05, 0) is 37.3 Å². The monoisotopic (exact) mass is 452 g/mol. The van der Waals surface area contributed by atoms with Crippen molar-refractivity contribution in [3.05, 3.63) is 58.4 Å². The summed E-state index contributed by atoms with van der Waals surface area (Å²) in [7, 11) is -3.53. The molecule has 0 fully saturated rings. The quantitative estimate of drug-likeness (QED) is 0.488. The fourth-order valence-corrected chi connectivity index (χ4v) is 5.38. The van der Waals surface area contributed by atoms with Crippen molar-refractivity contribution in [3.8, 4) is 0 Å². The van der Waals surface area contributed by atoms with Gasteiger partial charge in [-0.1, -0.05) is 41.1 Å². The summed E-state index contributed by atoms with van der Waals surface area (Å²) in [5.41, 5.74) is 0.905. The van der Waals surface area contributed by atoms with Crippen LogP contribution >= 0.6 is 22.9 Å². The standard InChI is InChI=1S/C20H21ClN2O4S2/c1-2-27-12-11-23-17-9-8-15(21)14-18(17)28-20(23)22-19(24)10-13-29(25,26)16-6-4-3-5-7-16/h3-9,14H,2,10-13H2,1H3. The lowest BCUT2D eigenvalue weighted by atomic mass is 10.3. The molecule has 0 aliphatic heterocycles. The molecule has 29 heavy (non-hydrogen) atoms. The third-order valence-electron chi connectivity index (χ3n) is 4.22. The number of nitrogens with zero attached hydrogens (tertiary/aromatic N) is 2. The summed E-state index contributed by atoms with van der Waals surface area (Å²) in [5, 5.41) is 0.600. The van der Waals surface area contributed by atoms with E-state index in [-0.39, 0.29) is 17.1 Å². The van der Waals surface area contributed by atoms with Gasteiger partial charge in [0.05, 0.1) is 27.5 Å². The molecule has 0 unspecified atom stereocenters. The lowest BCUT2D eigenvalue weighted by Crippen LogP contribution is -2.20. The van der Waals surface area contributed by atoms with E-state index >= 15 is 0 Å². The molecule has 2 aromatic carbocycles. The van der Waals surface area contributed by atoms with Crippen LogP contribution in [0.1, 0.15) is 13.3 Å². The lowest BCUT2D eigenvalue weighted by Gasteiger charge is -2.05. The van der Waals surface area contributed by atoms with Crippen LogP contribution in [0.4, 0.5) is 0 Å². The number of ether oxygens (including phenoxy) is 1. The molecule has 0 N–H and O–H groups in total. The molecule has 9 heteroatoms. The summed E-state index contributed by atoms with van der Waals surface area (Å²) in [4.78, 5) is 17.3. The predicted molar refractivity (Wildman–Crippen MR) is 115 cm³/mol. The average molecular weight is 453 g/mol. The maximum absolute atomic E-state index is 12.4. The van der Waals surface area contributed by atoms with Gasteiger partial charge in [-0.25, -0.2) is 8.42 Å². The molecule has 1 heterocycles. The van der Waals surface area contributed by atoms with Crippen LogP contribution in [0.5, 0.6) is 0 Å². The Bertz CT molecular complexity index is 1170. The van der Waals surface area contributed by atoms with Crippen molar-refractivity contribution in [1.29, 1.82) is 0 Å². The van der Waals surface area contributed by atoms with Gasteiger partial charge in [0.25, 0.3) is 0 Å². The summed E-state index contributed by atoms with van der Waals surface area (Å²) in [6, 6.07) is 13.6. The maximum atomic E-state index is 12.4. The summed E-state index contributed by atoms with van der Waals surface area (Å²) < 4.78 is 33.0. The van der Waals surface area contributed by atoms with Crippen LogP contribution in [-0.2, 0) is 25.9 Å². The molecule has 154 valence electrons. The van der Waals surface area contributed by atoms with Gasteiger partial charge in [0.2, 0.25) is 5.91 Å². The van der Waals surface area contributed by atoms with E-state index < -0.39 is 15.7 Å². The molecule has 0 saturated carbocycles. The number of benzene rings is 2. The number of sulfone groups is 1. The maximum Gasteiger partial charge on any atom is 0.249 e. The minimum Gasteiger partial charge on any atom is -0.380 e. The highest BCUT2D eigenvalue weighted by Gasteiger charge is 2.16. The van der Waals surface area contributed by atoms with Crippen LogP contribution in [0.15, 0.2) is 58.4 Å². The van der Waals surface area contributed by atoms with Gasteiger partial charge in [0.15, 0.2) is 14.6 Å². The van der Waals surface area contributed by atoms with E-state index in [1.165, 1.54) is 23.5 Å². The number of amides is 1. The second-order valence-electron chi connectivity index (χ2n) is 6.23. The molecular formula is C20H21ClN2O4S2. The van der Waals surface area contributed by atoms with Crippen LogP contribution in [0.25, 0.3) is 10.2 Å².